The molecular formula is C25H25NO12S3. The number of ether oxygens (including phenoxy) is 3. The third-order valence-corrected chi connectivity index (χ3v) is 6.48. The first-order valence-electron chi connectivity index (χ1n) is 11.3. The van der Waals surface area contributed by atoms with E-state index in [9.17, 15) is 25.3 Å². The average molecular weight is 628 g/mol. The average Bonchev–Trinajstić information content (AvgIpc) is 2.85. The van der Waals surface area contributed by atoms with E-state index in [1.165, 1.54) is 62.8 Å². The maximum atomic E-state index is 12.4. The van der Waals surface area contributed by atoms with Crippen LogP contribution in [-0.4, -0.2) is 64.8 Å². The topological polar surface area (TPSA) is 182 Å². The predicted molar refractivity (Wildman–Crippen MR) is 148 cm³/mol. The number of hydrogen-bond donors (Lipinski definition) is 0. The molecule has 0 spiro atoms. The zero-order valence-corrected chi connectivity index (χ0v) is 24.8. The molecule has 0 aromatic heterocycles. The van der Waals surface area contributed by atoms with E-state index in [0.29, 0.717) is 11.1 Å². The first-order chi connectivity index (χ1) is 19.0. The van der Waals surface area contributed by atoms with Gasteiger partial charge in [0.2, 0.25) is 0 Å². The van der Waals surface area contributed by atoms with Gasteiger partial charge in [0.05, 0.1) is 38.6 Å². The summed E-state index contributed by atoms with van der Waals surface area (Å²) in [5, 5.41) is 8.87. The highest BCUT2D eigenvalue weighted by molar-refractivity contribution is 7.86. The van der Waals surface area contributed by atoms with E-state index < -0.39 is 37.0 Å². The van der Waals surface area contributed by atoms with Gasteiger partial charge in [0.1, 0.15) is 17.6 Å². The van der Waals surface area contributed by atoms with Crippen molar-refractivity contribution in [2.24, 2.45) is 0 Å². The summed E-state index contributed by atoms with van der Waals surface area (Å²) in [7, 11) is -9.37. The van der Waals surface area contributed by atoms with Crippen LogP contribution in [0.2, 0.25) is 0 Å². The van der Waals surface area contributed by atoms with E-state index in [0.717, 1.165) is 18.8 Å². The molecule has 0 N–H and O–H groups in total. The summed E-state index contributed by atoms with van der Waals surface area (Å²) < 4.78 is 103. The number of nitriles is 1. The van der Waals surface area contributed by atoms with Gasteiger partial charge in [-0.05, 0) is 41.5 Å². The minimum atomic E-state index is -4.16. The minimum absolute atomic E-state index is 0.0432. The standard InChI is InChI=1S/C25H25NO12S3/c1-33-22-15-19(16-6-9-18(10-7-16)36-39(3,27)28)24(34-2)25(38-41(5,31)32)23(22)17-8-11-20(35-13-12-26)21(14-17)37-40(4,29)30/h6-11,14-15H,13H2,1-5H3. The zero-order valence-electron chi connectivity index (χ0n) is 22.4. The van der Waals surface area contributed by atoms with Crippen molar-refractivity contribution in [3.63, 3.8) is 0 Å². The second-order valence-corrected chi connectivity index (χ2v) is 13.1. The molecule has 0 atom stereocenters. The van der Waals surface area contributed by atoms with Crippen molar-refractivity contribution in [2.75, 3.05) is 39.6 Å². The van der Waals surface area contributed by atoms with Crippen LogP contribution in [0.25, 0.3) is 22.3 Å². The number of benzene rings is 3. The summed E-state index contributed by atoms with van der Waals surface area (Å²) in [5.74, 6) is -0.548. The van der Waals surface area contributed by atoms with Crippen molar-refractivity contribution in [1.29, 1.82) is 5.26 Å². The lowest BCUT2D eigenvalue weighted by molar-refractivity contribution is 0.352. The van der Waals surface area contributed by atoms with Crippen LogP contribution in [0.4, 0.5) is 0 Å². The molecule has 3 rings (SSSR count). The van der Waals surface area contributed by atoms with Gasteiger partial charge in [0.25, 0.3) is 0 Å². The maximum absolute atomic E-state index is 12.4. The predicted octanol–water partition coefficient (Wildman–Crippen LogP) is 2.96. The lowest BCUT2D eigenvalue weighted by atomic mass is 9.96. The van der Waals surface area contributed by atoms with E-state index in [-0.39, 0.29) is 45.6 Å². The van der Waals surface area contributed by atoms with Crippen LogP contribution in [0.5, 0.6) is 34.5 Å². The lowest BCUT2D eigenvalue weighted by Crippen LogP contribution is -2.10. The highest BCUT2D eigenvalue weighted by Gasteiger charge is 2.27. The van der Waals surface area contributed by atoms with Gasteiger partial charge in [-0.1, -0.05) is 18.2 Å². The van der Waals surface area contributed by atoms with Crippen LogP contribution >= 0.6 is 0 Å². The third kappa shape index (κ3) is 8.39. The Bertz CT molecular complexity index is 1810. The molecular weight excluding hydrogens is 602 g/mol. The molecule has 0 saturated carbocycles. The normalized spacial score (nSPS) is 11.7. The Hall–Kier alpha value is -4.20. The van der Waals surface area contributed by atoms with E-state index in [1.54, 1.807) is 6.07 Å². The van der Waals surface area contributed by atoms with Crippen molar-refractivity contribution >= 4 is 30.4 Å². The van der Waals surface area contributed by atoms with Crippen LogP contribution in [0, 0.1) is 11.3 Å². The number of hydrogen-bond acceptors (Lipinski definition) is 13. The number of rotatable bonds is 12. The fourth-order valence-electron chi connectivity index (χ4n) is 3.68. The largest absolute Gasteiger partial charge is 0.496 e. The first kappa shape index (κ1) is 31.3. The second kappa shape index (κ2) is 12.1. The zero-order chi connectivity index (χ0) is 30.6. The summed E-state index contributed by atoms with van der Waals surface area (Å²) in [4.78, 5) is 0. The summed E-state index contributed by atoms with van der Waals surface area (Å²) >= 11 is 0. The number of methoxy groups -OCH3 is 2. The van der Waals surface area contributed by atoms with Gasteiger partial charge in [-0.15, -0.1) is 0 Å². The Labute approximate surface area is 238 Å². The first-order valence-corrected chi connectivity index (χ1v) is 16.7. The molecule has 41 heavy (non-hydrogen) atoms. The molecule has 220 valence electrons. The summed E-state index contributed by atoms with van der Waals surface area (Å²) in [6, 6.07) is 13.1. The Balaban J connectivity index is 2.33. The molecule has 3 aromatic rings. The lowest BCUT2D eigenvalue weighted by Gasteiger charge is -2.21. The van der Waals surface area contributed by atoms with Crippen molar-refractivity contribution in [3.8, 4) is 62.8 Å². The van der Waals surface area contributed by atoms with Crippen LogP contribution < -0.4 is 26.8 Å². The summed E-state index contributed by atoms with van der Waals surface area (Å²) in [6.45, 7) is -0.401. The van der Waals surface area contributed by atoms with E-state index >= 15 is 0 Å². The molecule has 0 fully saturated rings. The van der Waals surface area contributed by atoms with Gasteiger partial charge in [-0.2, -0.15) is 30.5 Å². The molecule has 0 saturated heterocycles. The monoisotopic (exact) mass is 627 g/mol. The van der Waals surface area contributed by atoms with Crippen molar-refractivity contribution in [1.82, 2.24) is 0 Å². The van der Waals surface area contributed by atoms with Crippen LogP contribution in [-0.2, 0) is 30.4 Å². The molecule has 0 amide bonds. The van der Waals surface area contributed by atoms with E-state index in [4.69, 9.17) is 32.0 Å². The molecule has 0 radical (unpaired) electrons. The molecule has 0 bridgehead atoms. The molecule has 0 aliphatic carbocycles. The van der Waals surface area contributed by atoms with Crippen molar-refractivity contribution in [2.45, 2.75) is 0 Å². The van der Waals surface area contributed by atoms with Crippen LogP contribution in [0.3, 0.4) is 0 Å². The quantitative estimate of drug-likeness (QED) is 0.268. The van der Waals surface area contributed by atoms with Crippen molar-refractivity contribution in [3.05, 3.63) is 48.5 Å². The fourth-order valence-corrected chi connectivity index (χ4v) is 5.06. The van der Waals surface area contributed by atoms with Gasteiger partial charge in [0.15, 0.2) is 29.6 Å². The highest BCUT2D eigenvalue weighted by atomic mass is 32.2. The van der Waals surface area contributed by atoms with Crippen LogP contribution in [0.1, 0.15) is 0 Å². The molecule has 0 aliphatic rings. The third-order valence-electron chi connectivity index (χ3n) is 5.04. The Morgan fingerprint density at radius 2 is 1.24 bits per heavy atom. The number of nitrogens with zero attached hydrogens (tertiary/aromatic N) is 1. The second-order valence-electron chi connectivity index (χ2n) is 8.36. The summed E-state index contributed by atoms with van der Waals surface area (Å²) in [5.41, 5.74) is 0.998. The minimum Gasteiger partial charge on any atom is -0.496 e. The van der Waals surface area contributed by atoms with E-state index in [1.807, 2.05) is 0 Å². The molecule has 0 heterocycles. The molecule has 16 heteroatoms. The van der Waals surface area contributed by atoms with E-state index in [2.05, 4.69) is 0 Å². The molecule has 0 aliphatic heterocycles. The molecule has 0 unspecified atom stereocenters. The van der Waals surface area contributed by atoms with Gasteiger partial charge < -0.3 is 26.8 Å². The SMILES string of the molecule is COc1cc(-c2ccc(OS(C)(=O)=O)cc2)c(OC)c(OS(C)(=O)=O)c1-c1ccc(OCC#N)c(OS(C)(=O)=O)c1. The Kier molecular flexibility index (Phi) is 9.26. The van der Waals surface area contributed by atoms with Crippen LogP contribution in [0.15, 0.2) is 48.5 Å². The Morgan fingerprint density at radius 3 is 1.76 bits per heavy atom. The summed E-state index contributed by atoms with van der Waals surface area (Å²) in [6.07, 6.45) is 2.54. The van der Waals surface area contributed by atoms with Gasteiger partial charge in [0, 0.05) is 5.56 Å². The molecule has 13 nitrogen and oxygen atoms in total. The molecule has 3 aromatic carbocycles. The Morgan fingerprint density at radius 1 is 0.659 bits per heavy atom. The fraction of sp³-hybridized carbons (Fsp3) is 0.240. The highest BCUT2D eigenvalue weighted by Crippen LogP contribution is 2.51. The maximum Gasteiger partial charge on any atom is 0.306 e. The van der Waals surface area contributed by atoms with Gasteiger partial charge in [-0.3, -0.25) is 0 Å². The van der Waals surface area contributed by atoms with Gasteiger partial charge >= 0.3 is 30.4 Å². The van der Waals surface area contributed by atoms with Gasteiger partial charge in [-0.25, -0.2) is 0 Å². The smallest absolute Gasteiger partial charge is 0.306 e. The van der Waals surface area contributed by atoms with Crippen molar-refractivity contribution < 1.29 is 52.0 Å².